The van der Waals surface area contributed by atoms with Gasteiger partial charge in [0.05, 0.1) is 0 Å². The second-order valence-electron chi connectivity index (χ2n) is 1.87. The molecule has 1 aromatic carbocycles. The van der Waals surface area contributed by atoms with Crippen molar-refractivity contribution in [1.29, 1.82) is 0 Å². The summed E-state index contributed by atoms with van der Waals surface area (Å²) >= 11 is 0. The lowest BCUT2D eigenvalue weighted by Crippen LogP contribution is -1.89. The van der Waals surface area contributed by atoms with Gasteiger partial charge in [0.1, 0.15) is 0 Å². The van der Waals surface area contributed by atoms with Crippen LogP contribution in [-0.2, 0) is 6.16 Å². The number of hydrogen-bond donors (Lipinski definition) is 0. The van der Waals surface area contributed by atoms with Crippen molar-refractivity contribution < 1.29 is 8.78 Å². The summed E-state index contributed by atoms with van der Waals surface area (Å²) in [5, 5.41) is 0. The number of rotatable bonds is 1. The molecular formula is C7H5F2P. The van der Waals surface area contributed by atoms with Crippen molar-refractivity contribution >= 4 is 9.24 Å². The Kier molecular flexibility index (Phi) is 2.34. The summed E-state index contributed by atoms with van der Waals surface area (Å²) in [7, 11) is 3.82. The average molecular weight is 158 g/mol. The third kappa shape index (κ3) is 1.32. The largest absolute Gasteiger partial charge is 0.204 e. The summed E-state index contributed by atoms with van der Waals surface area (Å²) in [5.41, 5.74) is 0.295. The molecule has 0 heterocycles. The molecule has 0 N–H and O–H groups in total. The van der Waals surface area contributed by atoms with Crippen LogP contribution in [0.4, 0.5) is 8.78 Å². The summed E-state index contributed by atoms with van der Waals surface area (Å²) in [4.78, 5) is 0. The third-order valence-electron chi connectivity index (χ3n) is 1.20. The molecule has 0 saturated heterocycles. The lowest BCUT2D eigenvalue weighted by Gasteiger charge is -1.97. The molecule has 52 valence electrons. The molecule has 0 amide bonds. The first kappa shape index (κ1) is 7.62. The molecule has 0 aliphatic carbocycles. The maximum Gasteiger partial charge on any atom is 0.162 e. The molecule has 0 nitrogen and oxygen atoms in total. The lowest BCUT2D eigenvalue weighted by atomic mass is 10.2. The molecule has 2 radical (unpaired) electrons. The van der Waals surface area contributed by atoms with E-state index in [0.29, 0.717) is 5.56 Å². The van der Waals surface area contributed by atoms with Crippen LogP contribution < -0.4 is 0 Å². The maximum absolute atomic E-state index is 12.6. The van der Waals surface area contributed by atoms with Gasteiger partial charge in [0.25, 0.3) is 0 Å². The Balaban J connectivity index is 3.14. The van der Waals surface area contributed by atoms with Crippen LogP contribution in [-0.4, -0.2) is 0 Å². The zero-order valence-electron chi connectivity index (χ0n) is 5.14. The smallest absolute Gasteiger partial charge is 0.162 e. The molecule has 1 rings (SSSR count). The van der Waals surface area contributed by atoms with Gasteiger partial charge in [-0.05, 0) is 20.9 Å². The van der Waals surface area contributed by atoms with Gasteiger partial charge in [-0.15, -0.1) is 0 Å². The fourth-order valence-electron chi connectivity index (χ4n) is 0.671. The van der Waals surface area contributed by atoms with E-state index in [1.165, 1.54) is 12.1 Å². The van der Waals surface area contributed by atoms with Crippen LogP contribution in [0.5, 0.6) is 0 Å². The highest BCUT2D eigenvalue weighted by atomic mass is 31.0. The van der Waals surface area contributed by atoms with Crippen LogP contribution in [0.15, 0.2) is 18.2 Å². The van der Waals surface area contributed by atoms with Crippen molar-refractivity contribution in [2.45, 2.75) is 6.16 Å². The summed E-state index contributed by atoms with van der Waals surface area (Å²) in [6.45, 7) is 0. The third-order valence-corrected chi connectivity index (χ3v) is 1.54. The van der Waals surface area contributed by atoms with Crippen LogP contribution in [0.3, 0.4) is 0 Å². The Hall–Kier alpha value is -0.490. The zero-order chi connectivity index (χ0) is 7.56. The maximum atomic E-state index is 12.6. The van der Waals surface area contributed by atoms with E-state index in [9.17, 15) is 8.78 Å². The monoisotopic (exact) mass is 158 g/mol. The Morgan fingerprint density at radius 3 is 2.50 bits per heavy atom. The molecule has 1 aromatic rings. The summed E-state index contributed by atoms with van der Waals surface area (Å²) < 4.78 is 24.9. The first-order chi connectivity index (χ1) is 4.75. The first-order valence-electron chi connectivity index (χ1n) is 2.79. The van der Waals surface area contributed by atoms with Gasteiger partial charge in [0, 0.05) is 6.16 Å². The van der Waals surface area contributed by atoms with E-state index in [4.69, 9.17) is 0 Å². The Morgan fingerprint density at radius 2 is 2.00 bits per heavy atom. The van der Waals surface area contributed by atoms with Crippen molar-refractivity contribution in [3.05, 3.63) is 35.4 Å². The highest BCUT2D eigenvalue weighted by molar-refractivity contribution is 7.15. The molecular weight excluding hydrogens is 153 g/mol. The molecule has 0 atom stereocenters. The number of halogens is 2. The topological polar surface area (TPSA) is 0 Å². The molecule has 0 aliphatic rings. The SMILES string of the molecule is Fc1cccc(C[P])c1F. The predicted molar refractivity (Wildman–Crippen MR) is 37.0 cm³/mol. The highest BCUT2D eigenvalue weighted by Gasteiger charge is 2.04. The van der Waals surface area contributed by atoms with Crippen LogP contribution >= 0.6 is 9.24 Å². The second kappa shape index (κ2) is 3.07. The average Bonchev–Trinajstić information content (AvgIpc) is 1.95. The first-order valence-corrected chi connectivity index (χ1v) is 3.42. The number of benzene rings is 1. The normalized spacial score (nSPS) is 9.90. The summed E-state index contributed by atoms with van der Waals surface area (Å²) in [5.74, 6) is -1.61. The van der Waals surface area contributed by atoms with Crippen LogP contribution in [0.2, 0.25) is 0 Å². The van der Waals surface area contributed by atoms with Gasteiger partial charge in [0.2, 0.25) is 0 Å². The molecule has 0 fully saturated rings. The van der Waals surface area contributed by atoms with Gasteiger partial charge in [0.15, 0.2) is 11.6 Å². The summed E-state index contributed by atoms with van der Waals surface area (Å²) in [6, 6.07) is 4.05. The van der Waals surface area contributed by atoms with E-state index in [1.807, 2.05) is 0 Å². The van der Waals surface area contributed by atoms with E-state index in [1.54, 1.807) is 0 Å². The van der Waals surface area contributed by atoms with E-state index < -0.39 is 11.6 Å². The van der Waals surface area contributed by atoms with Crippen molar-refractivity contribution in [3.63, 3.8) is 0 Å². The standard InChI is InChI=1S/C7H5F2P/c8-6-3-1-2-5(4-10)7(6)9/h1-3H,4H2. The zero-order valence-corrected chi connectivity index (χ0v) is 6.04. The number of hydrogen-bond acceptors (Lipinski definition) is 0. The Labute approximate surface area is 60.5 Å². The molecule has 0 saturated carbocycles. The fraction of sp³-hybridized carbons (Fsp3) is 0.143. The van der Waals surface area contributed by atoms with E-state index in [2.05, 4.69) is 9.24 Å². The van der Waals surface area contributed by atoms with E-state index in [0.717, 1.165) is 6.07 Å². The van der Waals surface area contributed by atoms with E-state index in [-0.39, 0.29) is 6.16 Å². The molecule has 3 heteroatoms. The Morgan fingerprint density at radius 1 is 1.30 bits per heavy atom. The second-order valence-corrected chi connectivity index (χ2v) is 2.19. The van der Waals surface area contributed by atoms with Gasteiger partial charge in [-0.1, -0.05) is 12.1 Å². The van der Waals surface area contributed by atoms with Crippen molar-refractivity contribution in [2.75, 3.05) is 0 Å². The van der Waals surface area contributed by atoms with Crippen molar-refractivity contribution in [1.82, 2.24) is 0 Å². The quantitative estimate of drug-likeness (QED) is 0.551. The minimum atomic E-state index is -0.813. The minimum absolute atomic E-state index is 0.226. The van der Waals surface area contributed by atoms with Gasteiger partial charge in [-0.3, -0.25) is 0 Å². The molecule has 0 aliphatic heterocycles. The molecule has 0 bridgehead atoms. The summed E-state index contributed by atoms with van der Waals surface area (Å²) in [6.07, 6.45) is 0.226. The van der Waals surface area contributed by atoms with Gasteiger partial charge >= 0.3 is 0 Å². The molecule has 10 heavy (non-hydrogen) atoms. The Bertz CT molecular complexity index is 235. The van der Waals surface area contributed by atoms with Gasteiger partial charge in [-0.2, -0.15) is 0 Å². The highest BCUT2D eigenvalue weighted by Crippen LogP contribution is 2.13. The van der Waals surface area contributed by atoms with Crippen LogP contribution in [0, 0.1) is 11.6 Å². The lowest BCUT2D eigenvalue weighted by molar-refractivity contribution is 0.502. The predicted octanol–water partition coefficient (Wildman–Crippen LogP) is 2.88. The van der Waals surface area contributed by atoms with Gasteiger partial charge in [-0.25, -0.2) is 8.78 Å². The minimum Gasteiger partial charge on any atom is -0.204 e. The molecule has 0 spiro atoms. The van der Waals surface area contributed by atoms with Crippen molar-refractivity contribution in [3.8, 4) is 0 Å². The van der Waals surface area contributed by atoms with Crippen LogP contribution in [0.25, 0.3) is 0 Å². The molecule has 0 aromatic heterocycles. The van der Waals surface area contributed by atoms with Crippen LogP contribution in [0.1, 0.15) is 5.56 Å². The van der Waals surface area contributed by atoms with Crippen molar-refractivity contribution in [2.24, 2.45) is 0 Å². The molecule has 0 unspecified atom stereocenters. The van der Waals surface area contributed by atoms with Gasteiger partial charge < -0.3 is 0 Å². The van der Waals surface area contributed by atoms with E-state index >= 15 is 0 Å². The fourth-order valence-corrected chi connectivity index (χ4v) is 0.915.